The van der Waals surface area contributed by atoms with E-state index in [1.165, 1.54) is 33.4 Å². The van der Waals surface area contributed by atoms with Gasteiger partial charge in [0.05, 0.1) is 0 Å². The van der Waals surface area contributed by atoms with Crippen molar-refractivity contribution in [1.82, 2.24) is 0 Å². The smallest absolute Gasteiger partial charge is 0.0143 e. The maximum Gasteiger partial charge on any atom is -0.0143 e. The molecule has 0 saturated carbocycles. The van der Waals surface area contributed by atoms with E-state index in [1.807, 2.05) is 0 Å². The van der Waals surface area contributed by atoms with Crippen LogP contribution in [-0.2, 0) is 0 Å². The highest BCUT2D eigenvalue weighted by Gasteiger charge is 2.15. The van der Waals surface area contributed by atoms with Crippen LogP contribution < -0.4 is 0 Å². The first kappa shape index (κ1) is 14.8. The third kappa shape index (κ3) is 2.95. The van der Waals surface area contributed by atoms with Gasteiger partial charge in [0.25, 0.3) is 0 Å². The summed E-state index contributed by atoms with van der Waals surface area (Å²) in [5.74, 6) is 1.03. The number of aryl methyl sites for hydroxylation is 2. The molecule has 0 spiro atoms. The van der Waals surface area contributed by atoms with Gasteiger partial charge in [-0.3, -0.25) is 0 Å². The lowest BCUT2D eigenvalue weighted by Gasteiger charge is -2.20. The Hall–Kier alpha value is -1.56. The summed E-state index contributed by atoms with van der Waals surface area (Å²) in [7, 11) is 0. The molecule has 2 aromatic rings. The van der Waals surface area contributed by atoms with Crippen molar-refractivity contribution in [1.29, 1.82) is 0 Å². The maximum absolute atomic E-state index is 3.46. The van der Waals surface area contributed by atoms with Gasteiger partial charge < -0.3 is 0 Å². The van der Waals surface area contributed by atoms with Crippen LogP contribution in [-0.4, -0.2) is 0 Å². The maximum atomic E-state index is 3.46. The molecule has 20 heavy (non-hydrogen) atoms. The van der Waals surface area contributed by atoms with Crippen LogP contribution in [0.3, 0.4) is 0 Å². The van der Waals surface area contributed by atoms with Crippen LogP contribution in [0.2, 0.25) is 0 Å². The fourth-order valence-electron chi connectivity index (χ4n) is 3.01. The van der Waals surface area contributed by atoms with Gasteiger partial charge >= 0.3 is 0 Å². The topological polar surface area (TPSA) is 0 Å². The minimum Gasteiger partial charge on any atom is -0.0586 e. The molecule has 0 aliphatic carbocycles. The fourth-order valence-corrected chi connectivity index (χ4v) is 3.01. The van der Waals surface area contributed by atoms with Crippen molar-refractivity contribution < 1.29 is 0 Å². The van der Waals surface area contributed by atoms with Gasteiger partial charge in [0.2, 0.25) is 0 Å². The van der Waals surface area contributed by atoms with Crippen LogP contribution >= 0.6 is 0 Å². The van der Waals surface area contributed by atoms with Gasteiger partial charge in [0, 0.05) is 0 Å². The van der Waals surface area contributed by atoms with Gasteiger partial charge in [-0.1, -0.05) is 69.2 Å². The minimum absolute atomic E-state index is 0.512. The van der Waals surface area contributed by atoms with E-state index >= 15 is 0 Å². The van der Waals surface area contributed by atoms with Crippen LogP contribution in [0, 0.1) is 19.9 Å². The number of rotatable bonds is 3. The van der Waals surface area contributed by atoms with Crippen molar-refractivity contribution >= 4 is 0 Å². The monoisotopic (exact) mass is 265 g/mol. The summed E-state index contributed by atoms with van der Waals surface area (Å²) in [6.45, 7) is 13.4. The molecule has 0 unspecified atom stereocenters. The number of benzene rings is 2. The number of hydrogen-bond donors (Lipinski definition) is 0. The van der Waals surface area contributed by atoms with Gasteiger partial charge in [-0.15, -0.1) is 0 Å². The second-order valence-electron chi connectivity index (χ2n) is 6.40. The van der Waals surface area contributed by atoms with Gasteiger partial charge in [0.15, 0.2) is 0 Å². The molecule has 0 atom stereocenters. The van der Waals surface area contributed by atoms with Gasteiger partial charge in [-0.05, 0) is 54.0 Å². The molecule has 0 amide bonds. The van der Waals surface area contributed by atoms with Crippen LogP contribution in [0.1, 0.15) is 61.8 Å². The molecule has 0 fully saturated rings. The summed E-state index contributed by atoms with van der Waals surface area (Å²) in [6, 6.07) is 14.6. The van der Waals surface area contributed by atoms with Crippen molar-refractivity contribution in [3.63, 3.8) is 0 Å². The normalized spacial score (nSPS) is 11.4. The molecule has 0 heterocycles. The Morgan fingerprint density at radius 1 is 0.850 bits per heavy atom. The van der Waals surface area contributed by atoms with Crippen LogP contribution in [0.15, 0.2) is 30.3 Å². The molecule has 0 aliphatic rings. The van der Waals surface area contributed by atoms with Crippen LogP contribution in [0.4, 0.5) is 0 Å². The molecule has 0 saturated heterocycles. The Labute approximate surface area is 123 Å². The third-order valence-electron chi connectivity index (χ3n) is 3.76. The Bertz CT molecular complexity index is 583. The molecule has 2 rings (SSSR count). The molecule has 0 bridgehead atoms. The van der Waals surface area contributed by atoms with E-state index in [4.69, 9.17) is 0 Å². The molecule has 0 nitrogen and oxygen atoms in total. The highest BCUT2D eigenvalue weighted by atomic mass is 14.2. The van der Waals surface area contributed by atoms with Crippen molar-refractivity contribution in [3.8, 4) is 11.1 Å². The Morgan fingerprint density at radius 2 is 1.45 bits per heavy atom. The lowest BCUT2D eigenvalue weighted by Crippen LogP contribution is -2.02. The molecular formula is C20H25. The highest BCUT2D eigenvalue weighted by molar-refractivity contribution is 5.71. The van der Waals surface area contributed by atoms with Crippen molar-refractivity contribution in [2.24, 2.45) is 0 Å². The van der Waals surface area contributed by atoms with E-state index in [0.29, 0.717) is 11.8 Å². The summed E-state index contributed by atoms with van der Waals surface area (Å²) < 4.78 is 0. The van der Waals surface area contributed by atoms with E-state index in [0.717, 1.165) is 0 Å². The Kier molecular flexibility index (Phi) is 4.32. The standard InChI is InChI=1S/C20H25/c1-13(2)18-8-7-9-19(20(18)14(3)4)17-11-15(5)10-16(6)12-17/h7,9-14H,1-6H3. The zero-order chi connectivity index (χ0) is 14.9. The Morgan fingerprint density at radius 3 is 1.95 bits per heavy atom. The molecule has 0 aliphatic heterocycles. The number of hydrogen-bond acceptors (Lipinski definition) is 0. The fraction of sp³-hybridized carbons (Fsp3) is 0.400. The lowest BCUT2D eigenvalue weighted by molar-refractivity contribution is 0.790. The first-order valence-electron chi connectivity index (χ1n) is 7.53. The summed E-state index contributed by atoms with van der Waals surface area (Å²) in [5.41, 5.74) is 8.17. The molecule has 2 aromatic carbocycles. The van der Waals surface area contributed by atoms with E-state index in [9.17, 15) is 0 Å². The van der Waals surface area contributed by atoms with Crippen molar-refractivity contribution in [3.05, 3.63) is 58.7 Å². The first-order chi connectivity index (χ1) is 9.40. The van der Waals surface area contributed by atoms with Crippen molar-refractivity contribution in [2.75, 3.05) is 0 Å². The van der Waals surface area contributed by atoms with Crippen molar-refractivity contribution in [2.45, 2.75) is 53.4 Å². The van der Waals surface area contributed by atoms with Gasteiger partial charge in [-0.2, -0.15) is 0 Å². The average Bonchev–Trinajstić information content (AvgIpc) is 2.36. The summed E-state index contributed by atoms with van der Waals surface area (Å²) in [4.78, 5) is 0. The predicted molar refractivity (Wildman–Crippen MR) is 88.4 cm³/mol. The molecule has 105 valence electrons. The molecule has 0 aromatic heterocycles. The predicted octanol–water partition coefficient (Wildman–Crippen LogP) is 6.02. The van der Waals surface area contributed by atoms with Gasteiger partial charge in [0.1, 0.15) is 0 Å². The second kappa shape index (κ2) is 5.83. The zero-order valence-electron chi connectivity index (χ0n) is 13.5. The third-order valence-corrected chi connectivity index (χ3v) is 3.76. The summed E-state index contributed by atoms with van der Waals surface area (Å²) >= 11 is 0. The zero-order valence-corrected chi connectivity index (χ0v) is 13.5. The second-order valence-corrected chi connectivity index (χ2v) is 6.40. The SMILES string of the molecule is Cc1cc(C)cc(-c2cc[c]c(C(C)C)c2C(C)C)c1. The van der Waals surface area contributed by atoms with E-state index < -0.39 is 0 Å². The summed E-state index contributed by atoms with van der Waals surface area (Å²) in [5, 5.41) is 0. The lowest BCUT2D eigenvalue weighted by atomic mass is 9.84. The van der Waals surface area contributed by atoms with E-state index in [-0.39, 0.29) is 0 Å². The largest absolute Gasteiger partial charge is 0.0586 e. The first-order valence-corrected chi connectivity index (χ1v) is 7.53. The van der Waals surface area contributed by atoms with Crippen LogP contribution in [0.5, 0.6) is 0 Å². The molecule has 0 heteroatoms. The average molecular weight is 265 g/mol. The van der Waals surface area contributed by atoms with E-state index in [2.05, 4.69) is 77.9 Å². The van der Waals surface area contributed by atoms with Crippen LogP contribution in [0.25, 0.3) is 11.1 Å². The molecule has 1 radical (unpaired) electrons. The minimum atomic E-state index is 0.512. The Balaban J connectivity index is 2.70. The molecule has 0 N–H and O–H groups in total. The van der Waals surface area contributed by atoms with E-state index in [1.54, 1.807) is 0 Å². The summed E-state index contributed by atoms with van der Waals surface area (Å²) in [6.07, 6.45) is 0. The van der Waals surface area contributed by atoms with Gasteiger partial charge in [-0.25, -0.2) is 0 Å². The quantitative estimate of drug-likeness (QED) is 0.636. The molecular weight excluding hydrogens is 240 g/mol. The highest BCUT2D eigenvalue weighted by Crippen LogP contribution is 2.35.